The Bertz CT molecular complexity index is 506. The van der Waals surface area contributed by atoms with Gasteiger partial charge in [-0.3, -0.25) is 14.8 Å². The lowest BCUT2D eigenvalue weighted by atomic mass is 10.0. The lowest BCUT2D eigenvalue weighted by Crippen LogP contribution is -2.43. The van der Waals surface area contributed by atoms with Gasteiger partial charge in [-0.05, 0) is 33.3 Å². The topological polar surface area (TPSA) is 67.2 Å². The number of nitrogens with zero attached hydrogens (tertiary/aromatic N) is 3. The summed E-state index contributed by atoms with van der Waals surface area (Å²) in [4.78, 5) is 24.9. The Hall–Kier alpha value is -1.85. The molecule has 2 heterocycles. The molecule has 0 aromatic carbocycles. The summed E-state index contributed by atoms with van der Waals surface area (Å²) in [5.41, 5.74) is -0.0322. The van der Waals surface area contributed by atoms with E-state index in [-0.39, 0.29) is 11.9 Å². The molecule has 1 saturated heterocycles. The average molecular weight is 264 g/mol. The fourth-order valence-electron chi connectivity index (χ4n) is 2.02. The van der Waals surface area contributed by atoms with Crippen molar-refractivity contribution in [2.24, 2.45) is 0 Å². The first-order valence-electron chi connectivity index (χ1n) is 6.53. The van der Waals surface area contributed by atoms with E-state index in [1.807, 2.05) is 16.9 Å². The normalized spacial score (nSPS) is 19.7. The first-order chi connectivity index (χ1) is 8.86. The largest absolute Gasteiger partial charge is 0.325 e. The van der Waals surface area contributed by atoms with E-state index >= 15 is 0 Å². The molecule has 6 nitrogen and oxygen atoms in total. The summed E-state index contributed by atoms with van der Waals surface area (Å²) in [5, 5.41) is 6.78. The third-order valence-corrected chi connectivity index (χ3v) is 3.72. The van der Waals surface area contributed by atoms with Crippen molar-refractivity contribution in [2.45, 2.75) is 52.2 Å². The summed E-state index contributed by atoms with van der Waals surface area (Å²) < 4.78 is 1.89. The first kappa shape index (κ1) is 13.6. The van der Waals surface area contributed by atoms with Crippen molar-refractivity contribution < 1.29 is 9.59 Å². The molecule has 1 fully saturated rings. The van der Waals surface area contributed by atoms with Crippen molar-refractivity contribution in [3.63, 3.8) is 0 Å². The Balaban J connectivity index is 2.15. The summed E-state index contributed by atoms with van der Waals surface area (Å²) in [7, 11) is 0. The van der Waals surface area contributed by atoms with E-state index in [0.717, 1.165) is 12.1 Å². The van der Waals surface area contributed by atoms with Crippen molar-refractivity contribution in [1.82, 2.24) is 20.0 Å². The highest BCUT2D eigenvalue weighted by Gasteiger charge is 2.45. The van der Waals surface area contributed by atoms with Gasteiger partial charge in [-0.15, -0.1) is 0 Å². The van der Waals surface area contributed by atoms with E-state index in [9.17, 15) is 9.59 Å². The minimum atomic E-state index is -0.822. The molecule has 1 N–H and O–H groups in total. The number of carbonyl (C=O) groups is 2. The van der Waals surface area contributed by atoms with Gasteiger partial charge in [0.2, 0.25) is 0 Å². The standard InChI is InChI=1S/C13H20N4O2/c1-5-9(2)17-7-6-10(15-17)8-16-12(19)14-11(18)13(16,3)4/h6-7,9H,5,8H2,1-4H3,(H,14,18,19). The lowest BCUT2D eigenvalue weighted by Gasteiger charge is -2.27. The van der Waals surface area contributed by atoms with E-state index in [4.69, 9.17) is 0 Å². The van der Waals surface area contributed by atoms with Crippen LogP contribution < -0.4 is 5.32 Å². The number of carbonyl (C=O) groups excluding carboxylic acids is 2. The second kappa shape index (κ2) is 4.68. The molecule has 1 aliphatic rings. The quantitative estimate of drug-likeness (QED) is 0.841. The van der Waals surface area contributed by atoms with Crippen molar-refractivity contribution in [2.75, 3.05) is 0 Å². The third-order valence-electron chi connectivity index (χ3n) is 3.72. The van der Waals surface area contributed by atoms with Gasteiger partial charge in [-0.1, -0.05) is 6.92 Å². The molecular formula is C13H20N4O2. The molecule has 19 heavy (non-hydrogen) atoms. The highest BCUT2D eigenvalue weighted by Crippen LogP contribution is 2.23. The predicted octanol–water partition coefficient (Wildman–Crippen LogP) is 1.68. The second-order valence-corrected chi connectivity index (χ2v) is 5.45. The molecule has 104 valence electrons. The van der Waals surface area contributed by atoms with Crippen LogP contribution in [0.3, 0.4) is 0 Å². The summed E-state index contributed by atoms with van der Waals surface area (Å²) in [6.45, 7) is 8.00. The van der Waals surface area contributed by atoms with Crippen LogP contribution in [-0.4, -0.2) is 32.2 Å². The minimum absolute atomic E-state index is 0.265. The third kappa shape index (κ3) is 2.34. The first-order valence-corrected chi connectivity index (χ1v) is 6.53. The SMILES string of the molecule is CCC(C)n1ccc(CN2C(=O)NC(=O)C2(C)C)n1. The Kier molecular flexibility index (Phi) is 3.34. The van der Waals surface area contributed by atoms with Gasteiger partial charge in [-0.2, -0.15) is 5.10 Å². The smallest absolute Gasteiger partial charge is 0.304 e. The molecule has 2 rings (SSSR count). The number of imide groups is 1. The van der Waals surface area contributed by atoms with Crippen LogP contribution in [0.25, 0.3) is 0 Å². The number of rotatable bonds is 4. The van der Waals surface area contributed by atoms with E-state index in [2.05, 4.69) is 24.3 Å². The van der Waals surface area contributed by atoms with Gasteiger partial charge < -0.3 is 4.90 Å². The molecule has 1 atom stereocenters. The number of urea groups is 1. The Morgan fingerprint density at radius 2 is 2.11 bits per heavy atom. The van der Waals surface area contributed by atoms with Crippen LogP contribution in [0.2, 0.25) is 0 Å². The number of hydrogen-bond acceptors (Lipinski definition) is 3. The number of nitrogens with one attached hydrogen (secondary N) is 1. The molecule has 0 saturated carbocycles. The van der Waals surface area contributed by atoms with Gasteiger partial charge >= 0.3 is 6.03 Å². The molecule has 0 bridgehead atoms. The van der Waals surface area contributed by atoms with E-state index in [1.54, 1.807) is 13.8 Å². The molecular weight excluding hydrogens is 244 g/mol. The van der Waals surface area contributed by atoms with Crippen LogP contribution in [0.1, 0.15) is 45.9 Å². The fraction of sp³-hybridized carbons (Fsp3) is 0.615. The van der Waals surface area contributed by atoms with Crippen LogP contribution in [-0.2, 0) is 11.3 Å². The van der Waals surface area contributed by atoms with Crippen molar-refractivity contribution in [3.05, 3.63) is 18.0 Å². The summed E-state index contributed by atoms with van der Waals surface area (Å²) >= 11 is 0. The molecule has 1 unspecified atom stereocenters. The van der Waals surface area contributed by atoms with E-state index in [0.29, 0.717) is 12.6 Å². The number of amides is 3. The van der Waals surface area contributed by atoms with E-state index < -0.39 is 5.54 Å². The molecule has 1 aliphatic heterocycles. The maximum absolute atomic E-state index is 11.8. The van der Waals surface area contributed by atoms with Crippen LogP contribution in [0.4, 0.5) is 4.79 Å². The van der Waals surface area contributed by atoms with Crippen LogP contribution in [0.5, 0.6) is 0 Å². The Labute approximate surface area is 112 Å². The molecule has 0 aliphatic carbocycles. The number of hydrogen-bond donors (Lipinski definition) is 1. The summed E-state index contributed by atoms with van der Waals surface area (Å²) in [6, 6.07) is 1.86. The van der Waals surface area contributed by atoms with Gasteiger partial charge in [0, 0.05) is 12.2 Å². The summed E-state index contributed by atoms with van der Waals surface area (Å²) in [5.74, 6) is -0.265. The van der Waals surface area contributed by atoms with Crippen molar-refractivity contribution in [3.8, 4) is 0 Å². The molecule has 3 amide bonds. The molecule has 0 radical (unpaired) electrons. The van der Waals surface area contributed by atoms with Crippen LogP contribution in [0, 0.1) is 0 Å². The van der Waals surface area contributed by atoms with Crippen LogP contribution in [0.15, 0.2) is 12.3 Å². The lowest BCUT2D eigenvalue weighted by molar-refractivity contribution is -0.125. The van der Waals surface area contributed by atoms with Crippen molar-refractivity contribution >= 4 is 11.9 Å². The van der Waals surface area contributed by atoms with Gasteiger partial charge in [0.1, 0.15) is 5.54 Å². The molecule has 1 aromatic rings. The van der Waals surface area contributed by atoms with Crippen molar-refractivity contribution in [1.29, 1.82) is 0 Å². The highest BCUT2D eigenvalue weighted by molar-refractivity contribution is 6.06. The second-order valence-electron chi connectivity index (χ2n) is 5.45. The Morgan fingerprint density at radius 1 is 1.42 bits per heavy atom. The summed E-state index contributed by atoms with van der Waals surface area (Å²) in [6.07, 6.45) is 2.90. The van der Waals surface area contributed by atoms with Gasteiger partial charge in [0.25, 0.3) is 5.91 Å². The molecule has 1 aromatic heterocycles. The monoisotopic (exact) mass is 264 g/mol. The molecule has 0 spiro atoms. The number of aromatic nitrogens is 2. The van der Waals surface area contributed by atoms with Gasteiger partial charge in [0.15, 0.2) is 0 Å². The maximum atomic E-state index is 11.8. The average Bonchev–Trinajstić information content (AvgIpc) is 2.89. The Morgan fingerprint density at radius 3 is 2.63 bits per heavy atom. The minimum Gasteiger partial charge on any atom is -0.304 e. The zero-order valence-electron chi connectivity index (χ0n) is 11.8. The zero-order valence-corrected chi connectivity index (χ0v) is 11.8. The van der Waals surface area contributed by atoms with E-state index in [1.165, 1.54) is 4.90 Å². The maximum Gasteiger partial charge on any atom is 0.325 e. The zero-order chi connectivity index (χ0) is 14.2. The fourth-order valence-corrected chi connectivity index (χ4v) is 2.02. The predicted molar refractivity (Wildman–Crippen MR) is 70.4 cm³/mol. The van der Waals surface area contributed by atoms with Crippen LogP contribution >= 0.6 is 0 Å². The highest BCUT2D eigenvalue weighted by atomic mass is 16.2. The van der Waals surface area contributed by atoms with Gasteiger partial charge in [-0.25, -0.2) is 4.79 Å². The molecule has 6 heteroatoms. The van der Waals surface area contributed by atoms with Gasteiger partial charge in [0.05, 0.1) is 12.2 Å².